The molecule has 1 aliphatic heterocycles. The van der Waals surface area contributed by atoms with Gasteiger partial charge in [-0.2, -0.15) is 0 Å². The summed E-state index contributed by atoms with van der Waals surface area (Å²) in [5.41, 5.74) is 0. The van der Waals surface area contributed by atoms with Crippen molar-refractivity contribution in [3.8, 4) is 0 Å². The van der Waals surface area contributed by atoms with Gasteiger partial charge in [0.05, 0.1) is 16.4 Å². The summed E-state index contributed by atoms with van der Waals surface area (Å²) in [4.78, 5) is 11.1. The predicted molar refractivity (Wildman–Crippen MR) is 74.2 cm³/mol. The largest absolute Gasteiger partial charge is 0.324 e. The Bertz CT molecular complexity index is 567. The lowest BCUT2D eigenvalue weighted by atomic mass is 9.98. The summed E-state index contributed by atoms with van der Waals surface area (Å²) < 4.78 is 23.1. The second-order valence-corrected chi connectivity index (χ2v) is 7.95. The molecule has 2 heterocycles. The van der Waals surface area contributed by atoms with Crippen LogP contribution in [0.4, 0.5) is 5.00 Å². The first-order chi connectivity index (χ1) is 8.93. The number of thiophene rings is 1. The standard InChI is InChI=1S/C11H16N2O4S2/c1-2-12-11(8-5-6-19(16,17)7-8)9-3-4-10(18-9)13(14)15/h3-4,8,11-12H,2,5-7H2,1H3. The number of hydrogen-bond donors (Lipinski definition) is 1. The fourth-order valence-electron chi connectivity index (χ4n) is 2.41. The van der Waals surface area contributed by atoms with Crippen LogP contribution in [-0.2, 0) is 9.84 Å². The molecule has 0 saturated carbocycles. The van der Waals surface area contributed by atoms with Gasteiger partial charge in [-0.3, -0.25) is 10.1 Å². The van der Waals surface area contributed by atoms with E-state index in [0.29, 0.717) is 13.0 Å². The lowest BCUT2D eigenvalue weighted by molar-refractivity contribution is -0.380. The van der Waals surface area contributed by atoms with Gasteiger partial charge in [-0.15, -0.1) is 0 Å². The van der Waals surface area contributed by atoms with Gasteiger partial charge in [-0.25, -0.2) is 8.42 Å². The third kappa shape index (κ3) is 3.31. The molecule has 2 rings (SSSR count). The Morgan fingerprint density at radius 2 is 2.32 bits per heavy atom. The number of nitrogens with one attached hydrogen (secondary N) is 1. The Kier molecular flexibility index (Phi) is 4.22. The third-order valence-corrected chi connectivity index (χ3v) is 6.18. The fraction of sp³-hybridized carbons (Fsp3) is 0.636. The van der Waals surface area contributed by atoms with Gasteiger partial charge < -0.3 is 5.32 Å². The summed E-state index contributed by atoms with van der Waals surface area (Å²) in [5, 5.41) is 14.1. The minimum Gasteiger partial charge on any atom is -0.309 e. The van der Waals surface area contributed by atoms with Crippen molar-refractivity contribution in [3.05, 3.63) is 27.1 Å². The molecule has 1 aromatic heterocycles. The molecule has 0 radical (unpaired) electrons. The van der Waals surface area contributed by atoms with Gasteiger partial charge in [0.25, 0.3) is 0 Å². The first kappa shape index (κ1) is 14.4. The van der Waals surface area contributed by atoms with Gasteiger partial charge in [0.1, 0.15) is 0 Å². The van der Waals surface area contributed by atoms with Crippen LogP contribution in [0.3, 0.4) is 0 Å². The fourth-order valence-corrected chi connectivity index (χ4v) is 5.24. The van der Waals surface area contributed by atoms with Crippen LogP contribution in [0.2, 0.25) is 0 Å². The number of hydrogen-bond acceptors (Lipinski definition) is 6. The molecule has 0 amide bonds. The van der Waals surface area contributed by atoms with Gasteiger partial charge >= 0.3 is 5.00 Å². The summed E-state index contributed by atoms with van der Waals surface area (Å²) in [6, 6.07) is 3.09. The lowest BCUT2D eigenvalue weighted by Gasteiger charge is -2.21. The number of nitrogens with zero attached hydrogens (tertiary/aromatic N) is 1. The molecule has 8 heteroatoms. The van der Waals surface area contributed by atoms with E-state index in [2.05, 4.69) is 5.32 Å². The molecule has 0 aliphatic carbocycles. The highest BCUT2D eigenvalue weighted by molar-refractivity contribution is 7.91. The summed E-state index contributed by atoms with van der Waals surface area (Å²) >= 11 is 1.12. The Morgan fingerprint density at radius 1 is 1.58 bits per heavy atom. The third-order valence-electron chi connectivity index (χ3n) is 3.26. The number of sulfone groups is 1. The van der Waals surface area contributed by atoms with Crippen LogP contribution in [0.15, 0.2) is 12.1 Å². The van der Waals surface area contributed by atoms with Crippen LogP contribution in [-0.4, -0.2) is 31.4 Å². The Hall–Kier alpha value is -0.990. The van der Waals surface area contributed by atoms with Crippen molar-refractivity contribution < 1.29 is 13.3 Å². The van der Waals surface area contributed by atoms with Crippen LogP contribution in [0.1, 0.15) is 24.3 Å². The van der Waals surface area contributed by atoms with Crippen molar-refractivity contribution in [1.82, 2.24) is 5.32 Å². The van der Waals surface area contributed by atoms with E-state index in [1.54, 1.807) is 6.07 Å². The zero-order chi connectivity index (χ0) is 14.0. The molecule has 0 aromatic carbocycles. The monoisotopic (exact) mass is 304 g/mol. The van der Waals surface area contributed by atoms with Crippen molar-refractivity contribution >= 4 is 26.2 Å². The van der Waals surface area contributed by atoms with E-state index in [0.717, 1.165) is 16.2 Å². The van der Waals surface area contributed by atoms with E-state index in [-0.39, 0.29) is 28.5 Å². The molecule has 1 N–H and O–H groups in total. The van der Waals surface area contributed by atoms with E-state index < -0.39 is 14.8 Å². The number of rotatable bonds is 5. The highest BCUT2D eigenvalue weighted by Gasteiger charge is 2.35. The molecule has 1 fully saturated rings. The first-order valence-electron chi connectivity index (χ1n) is 6.11. The average Bonchev–Trinajstić information content (AvgIpc) is 2.92. The topological polar surface area (TPSA) is 89.3 Å². The molecular formula is C11H16N2O4S2. The minimum absolute atomic E-state index is 0.00297. The van der Waals surface area contributed by atoms with Crippen molar-refractivity contribution in [3.63, 3.8) is 0 Å². The Labute approximate surface area is 115 Å². The van der Waals surface area contributed by atoms with Crippen molar-refractivity contribution in [1.29, 1.82) is 0 Å². The Balaban J connectivity index is 2.22. The summed E-state index contributed by atoms with van der Waals surface area (Å²) in [7, 11) is -2.95. The van der Waals surface area contributed by atoms with Crippen molar-refractivity contribution in [2.24, 2.45) is 5.92 Å². The van der Waals surface area contributed by atoms with E-state index in [9.17, 15) is 18.5 Å². The zero-order valence-corrected chi connectivity index (χ0v) is 12.2. The molecule has 2 unspecified atom stereocenters. The highest BCUT2D eigenvalue weighted by Crippen LogP contribution is 2.36. The van der Waals surface area contributed by atoms with Crippen molar-refractivity contribution in [2.75, 3.05) is 18.1 Å². The van der Waals surface area contributed by atoms with Crippen LogP contribution in [0, 0.1) is 16.0 Å². The molecule has 6 nitrogen and oxygen atoms in total. The van der Waals surface area contributed by atoms with Crippen LogP contribution < -0.4 is 5.32 Å². The van der Waals surface area contributed by atoms with Crippen molar-refractivity contribution in [2.45, 2.75) is 19.4 Å². The first-order valence-corrected chi connectivity index (χ1v) is 8.74. The molecule has 106 valence electrons. The molecule has 2 atom stereocenters. The van der Waals surface area contributed by atoms with Gasteiger partial charge in [0.15, 0.2) is 9.84 Å². The van der Waals surface area contributed by atoms with Gasteiger partial charge in [-0.1, -0.05) is 18.3 Å². The maximum Gasteiger partial charge on any atom is 0.324 e. The van der Waals surface area contributed by atoms with Crippen LogP contribution in [0.5, 0.6) is 0 Å². The maximum absolute atomic E-state index is 11.6. The second-order valence-electron chi connectivity index (χ2n) is 4.63. The van der Waals surface area contributed by atoms with Gasteiger partial charge in [0, 0.05) is 17.0 Å². The van der Waals surface area contributed by atoms with E-state index in [1.165, 1.54) is 6.07 Å². The summed E-state index contributed by atoms with van der Waals surface area (Å²) in [6.45, 7) is 2.64. The van der Waals surface area contributed by atoms with Gasteiger partial charge in [-0.05, 0) is 24.9 Å². The second kappa shape index (κ2) is 5.56. The van der Waals surface area contributed by atoms with Gasteiger partial charge in [0.2, 0.25) is 0 Å². The molecular weight excluding hydrogens is 288 g/mol. The number of nitro groups is 1. The van der Waals surface area contributed by atoms with E-state index in [1.807, 2.05) is 6.92 Å². The zero-order valence-electron chi connectivity index (χ0n) is 10.5. The normalized spacial score (nSPS) is 23.3. The quantitative estimate of drug-likeness (QED) is 0.661. The molecule has 1 saturated heterocycles. The SMILES string of the molecule is CCNC(c1ccc([N+](=O)[O-])s1)C1CCS(=O)(=O)C1. The lowest BCUT2D eigenvalue weighted by Crippen LogP contribution is -2.28. The smallest absolute Gasteiger partial charge is 0.309 e. The van der Waals surface area contributed by atoms with Crippen LogP contribution >= 0.6 is 11.3 Å². The maximum atomic E-state index is 11.6. The average molecular weight is 304 g/mol. The summed E-state index contributed by atoms with van der Waals surface area (Å²) in [6.07, 6.45) is 0.617. The molecule has 0 spiro atoms. The van der Waals surface area contributed by atoms with E-state index in [4.69, 9.17) is 0 Å². The summed E-state index contributed by atoms with van der Waals surface area (Å²) in [5.74, 6) is 0.381. The predicted octanol–water partition coefficient (Wildman–Crippen LogP) is 1.74. The molecule has 1 aromatic rings. The minimum atomic E-state index is -2.95. The Morgan fingerprint density at radius 3 is 2.79 bits per heavy atom. The molecule has 0 bridgehead atoms. The molecule has 19 heavy (non-hydrogen) atoms. The highest BCUT2D eigenvalue weighted by atomic mass is 32.2. The molecule has 1 aliphatic rings. The van der Waals surface area contributed by atoms with E-state index >= 15 is 0 Å². The van der Waals surface area contributed by atoms with Crippen LogP contribution in [0.25, 0.3) is 0 Å².